The second-order valence-electron chi connectivity index (χ2n) is 5.39. The van der Waals surface area contributed by atoms with Gasteiger partial charge >= 0.3 is 0 Å². The summed E-state index contributed by atoms with van der Waals surface area (Å²) in [5.74, 6) is 0.466. The van der Waals surface area contributed by atoms with Gasteiger partial charge in [0, 0.05) is 5.56 Å². The first kappa shape index (κ1) is 15.9. The van der Waals surface area contributed by atoms with Crippen molar-refractivity contribution < 1.29 is 19.4 Å². The number of phenolic OH excluding ortho intramolecular Hbond substituents is 1. The zero-order valence-electron chi connectivity index (χ0n) is 13.5. The van der Waals surface area contributed by atoms with Gasteiger partial charge in [-0.05, 0) is 17.7 Å². The Balaban J connectivity index is 1.83. The third-order valence-electron chi connectivity index (χ3n) is 3.94. The number of amides is 1. The average molecular weight is 326 g/mol. The first-order valence-electron chi connectivity index (χ1n) is 7.50. The van der Waals surface area contributed by atoms with Crippen molar-refractivity contribution in [1.82, 2.24) is 5.01 Å². The quantitative estimate of drug-likeness (QED) is 0.677. The van der Waals surface area contributed by atoms with Crippen molar-refractivity contribution in [3.63, 3.8) is 0 Å². The molecule has 1 unspecified atom stereocenters. The van der Waals surface area contributed by atoms with E-state index < -0.39 is 0 Å². The fraction of sp³-hybridized carbons (Fsp3) is 0.222. The zero-order valence-corrected chi connectivity index (χ0v) is 13.5. The Morgan fingerprint density at radius 2 is 1.79 bits per heavy atom. The van der Waals surface area contributed by atoms with E-state index in [0.29, 0.717) is 12.0 Å². The van der Waals surface area contributed by atoms with E-state index in [1.807, 2.05) is 30.3 Å². The summed E-state index contributed by atoms with van der Waals surface area (Å²) < 4.78 is 10.2. The number of carbonyl (C=O) groups excluding carboxylic acids is 1. The number of ether oxygens (including phenoxy) is 2. The Morgan fingerprint density at radius 3 is 2.33 bits per heavy atom. The number of carbonyl (C=O) groups is 1. The number of rotatable bonds is 5. The number of β-lactam (4-membered cyclic amide) rings is 1. The highest BCUT2D eigenvalue weighted by Crippen LogP contribution is 2.37. The van der Waals surface area contributed by atoms with Crippen LogP contribution >= 0.6 is 0 Å². The topological polar surface area (TPSA) is 71.4 Å². The molecular formula is C18H18N2O4. The summed E-state index contributed by atoms with van der Waals surface area (Å²) in [6, 6.07) is 13.0. The third kappa shape index (κ3) is 2.90. The van der Waals surface area contributed by atoms with E-state index >= 15 is 0 Å². The molecule has 6 nitrogen and oxygen atoms in total. The van der Waals surface area contributed by atoms with Crippen molar-refractivity contribution in [2.75, 3.05) is 14.2 Å². The summed E-state index contributed by atoms with van der Waals surface area (Å²) in [5, 5.41) is 15.7. The number of nitrogens with zero attached hydrogens (tertiary/aromatic N) is 2. The van der Waals surface area contributed by atoms with E-state index in [2.05, 4.69) is 5.10 Å². The molecule has 24 heavy (non-hydrogen) atoms. The lowest BCUT2D eigenvalue weighted by Gasteiger charge is -2.36. The molecule has 1 heterocycles. The zero-order chi connectivity index (χ0) is 17.1. The molecule has 1 fully saturated rings. The van der Waals surface area contributed by atoms with Crippen LogP contribution in [0.15, 0.2) is 47.6 Å². The van der Waals surface area contributed by atoms with E-state index in [-0.39, 0.29) is 29.2 Å². The maximum Gasteiger partial charge on any atom is 0.245 e. The standard InChI is InChI=1S/C18H18N2O4/c1-23-15-8-12(9-16(24-2)18(15)22)11-19-20-14(10-17(20)21)13-6-4-3-5-7-13/h3-9,11,14,22H,10H2,1-2H3. The summed E-state index contributed by atoms with van der Waals surface area (Å²) in [7, 11) is 2.92. The van der Waals surface area contributed by atoms with Crippen LogP contribution in [0.2, 0.25) is 0 Å². The van der Waals surface area contributed by atoms with Gasteiger partial charge in [-0.1, -0.05) is 30.3 Å². The lowest BCUT2D eigenvalue weighted by atomic mass is 9.96. The van der Waals surface area contributed by atoms with Crippen LogP contribution in [0.3, 0.4) is 0 Å². The highest BCUT2D eigenvalue weighted by atomic mass is 16.5. The average Bonchev–Trinajstić information content (AvgIpc) is 2.61. The maximum absolute atomic E-state index is 11.9. The van der Waals surface area contributed by atoms with E-state index in [1.54, 1.807) is 18.3 Å². The number of aromatic hydroxyl groups is 1. The van der Waals surface area contributed by atoms with Crippen LogP contribution in [0.5, 0.6) is 17.2 Å². The number of hydrazone groups is 1. The summed E-state index contributed by atoms with van der Waals surface area (Å²) in [6.45, 7) is 0. The van der Waals surface area contributed by atoms with Gasteiger partial charge in [-0.25, -0.2) is 5.01 Å². The van der Waals surface area contributed by atoms with E-state index in [4.69, 9.17) is 9.47 Å². The molecule has 0 saturated carbocycles. The molecule has 0 radical (unpaired) electrons. The van der Waals surface area contributed by atoms with Crippen LogP contribution in [0.1, 0.15) is 23.6 Å². The van der Waals surface area contributed by atoms with E-state index in [0.717, 1.165) is 5.56 Å². The second kappa shape index (κ2) is 6.62. The minimum absolute atomic E-state index is 0.0298. The smallest absolute Gasteiger partial charge is 0.245 e. The fourth-order valence-electron chi connectivity index (χ4n) is 2.60. The number of phenols is 1. The first-order valence-corrected chi connectivity index (χ1v) is 7.50. The normalized spacial score (nSPS) is 17.0. The van der Waals surface area contributed by atoms with Gasteiger partial charge in [0.15, 0.2) is 11.5 Å². The van der Waals surface area contributed by atoms with Crippen molar-refractivity contribution in [2.24, 2.45) is 5.10 Å². The van der Waals surface area contributed by atoms with Gasteiger partial charge in [-0.3, -0.25) is 4.79 Å². The van der Waals surface area contributed by atoms with E-state index in [9.17, 15) is 9.90 Å². The molecule has 124 valence electrons. The fourth-order valence-corrected chi connectivity index (χ4v) is 2.60. The largest absolute Gasteiger partial charge is 0.502 e. The molecule has 1 N–H and O–H groups in total. The molecule has 0 aromatic heterocycles. The Kier molecular flexibility index (Phi) is 4.37. The van der Waals surface area contributed by atoms with Crippen LogP contribution < -0.4 is 9.47 Å². The van der Waals surface area contributed by atoms with Crippen molar-refractivity contribution >= 4 is 12.1 Å². The van der Waals surface area contributed by atoms with Gasteiger partial charge < -0.3 is 14.6 Å². The summed E-state index contributed by atoms with van der Waals surface area (Å²) in [4.78, 5) is 11.9. The van der Waals surface area contributed by atoms with Crippen molar-refractivity contribution in [2.45, 2.75) is 12.5 Å². The molecule has 0 spiro atoms. The lowest BCUT2D eigenvalue weighted by Crippen LogP contribution is -2.42. The number of benzene rings is 2. The van der Waals surface area contributed by atoms with Crippen LogP contribution in [-0.2, 0) is 4.79 Å². The van der Waals surface area contributed by atoms with E-state index in [1.165, 1.54) is 19.2 Å². The van der Waals surface area contributed by atoms with Gasteiger partial charge in [0.1, 0.15) is 0 Å². The number of methoxy groups -OCH3 is 2. The third-order valence-corrected chi connectivity index (χ3v) is 3.94. The SMILES string of the molecule is COc1cc(C=NN2C(=O)CC2c2ccccc2)cc(OC)c1O. The van der Waals surface area contributed by atoms with Crippen molar-refractivity contribution in [3.05, 3.63) is 53.6 Å². The molecular weight excluding hydrogens is 308 g/mol. The monoisotopic (exact) mass is 326 g/mol. The van der Waals surface area contributed by atoms with Crippen molar-refractivity contribution in [1.29, 1.82) is 0 Å². The summed E-state index contributed by atoms with van der Waals surface area (Å²) in [5.41, 5.74) is 1.71. The maximum atomic E-state index is 11.9. The lowest BCUT2D eigenvalue weighted by molar-refractivity contribution is -0.146. The van der Waals surface area contributed by atoms with Gasteiger partial charge in [-0.2, -0.15) is 5.10 Å². The van der Waals surface area contributed by atoms with Crippen molar-refractivity contribution in [3.8, 4) is 17.2 Å². The number of hydrogen-bond donors (Lipinski definition) is 1. The summed E-state index contributed by atoms with van der Waals surface area (Å²) >= 11 is 0. The Morgan fingerprint density at radius 1 is 1.17 bits per heavy atom. The van der Waals surface area contributed by atoms with Crippen LogP contribution in [-0.4, -0.2) is 36.5 Å². The minimum atomic E-state index is -0.0701. The molecule has 3 rings (SSSR count). The molecule has 1 saturated heterocycles. The highest BCUT2D eigenvalue weighted by Gasteiger charge is 2.37. The molecule has 2 aromatic rings. The van der Waals surface area contributed by atoms with Crippen LogP contribution in [0.25, 0.3) is 0 Å². The Hall–Kier alpha value is -3.02. The Bertz CT molecular complexity index is 749. The Labute approximate surface area is 139 Å². The van der Waals surface area contributed by atoms with Crippen LogP contribution in [0.4, 0.5) is 0 Å². The van der Waals surface area contributed by atoms with Gasteiger partial charge in [0.2, 0.25) is 11.7 Å². The molecule has 2 aromatic carbocycles. The highest BCUT2D eigenvalue weighted by molar-refractivity contribution is 5.87. The predicted molar refractivity (Wildman–Crippen MR) is 89.5 cm³/mol. The molecule has 0 aliphatic carbocycles. The predicted octanol–water partition coefficient (Wildman–Crippen LogP) is 2.72. The molecule has 0 bridgehead atoms. The molecule has 6 heteroatoms. The number of hydrogen-bond acceptors (Lipinski definition) is 5. The first-order chi connectivity index (χ1) is 11.6. The molecule has 1 atom stereocenters. The van der Waals surface area contributed by atoms with Gasteiger partial charge in [0.05, 0.1) is 32.9 Å². The minimum Gasteiger partial charge on any atom is -0.502 e. The molecule has 1 aliphatic heterocycles. The second-order valence-corrected chi connectivity index (χ2v) is 5.39. The van der Waals surface area contributed by atoms with Gasteiger partial charge in [-0.15, -0.1) is 0 Å². The summed E-state index contributed by atoms with van der Waals surface area (Å²) in [6.07, 6.45) is 2.00. The molecule has 1 aliphatic rings. The van der Waals surface area contributed by atoms with Gasteiger partial charge in [0.25, 0.3) is 0 Å². The molecule has 1 amide bonds. The van der Waals surface area contributed by atoms with Crippen LogP contribution in [0, 0.1) is 0 Å².